The molecule has 0 bridgehead atoms. The highest BCUT2D eigenvalue weighted by Crippen LogP contribution is 2.26. The maximum absolute atomic E-state index is 11.2. The van der Waals surface area contributed by atoms with Gasteiger partial charge in [0.15, 0.2) is 23.1 Å². The zero-order chi connectivity index (χ0) is 18.7. The van der Waals surface area contributed by atoms with Crippen LogP contribution in [0.5, 0.6) is 0 Å². The summed E-state index contributed by atoms with van der Waals surface area (Å²) in [4.78, 5) is 44.1. The number of ketones is 4. The van der Waals surface area contributed by atoms with Gasteiger partial charge in [-0.15, -0.1) is 0 Å². The van der Waals surface area contributed by atoms with Crippen LogP contribution in [0.1, 0.15) is 62.2 Å². The van der Waals surface area contributed by atoms with Gasteiger partial charge in [0.2, 0.25) is 0 Å². The van der Waals surface area contributed by atoms with Crippen molar-refractivity contribution < 1.29 is 30.1 Å². The van der Waals surface area contributed by atoms with E-state index in [2.05, 4.69) is 0 Å². The summed E-state index contributed by atoms with van der Waals surface area (Å²) in [7, 11) is 0. The zero-order valence-corrected chi connectivity index (χ0v) is 15.2. The van der Waals surface area contributed by atoms with E-state index >= 15 is 0 Å². The van der Waals surface area contributed by atoms with E-state index in [-0.39, 0.29) is 36.7 Å². The Morgan fingerprint density at radius 2 is 1.67 bits per heavy atom. The molecule has 6 heteroatoms. The van der Waals surface area contributed by atoms with Crippen LogP contribution < -0.4 is 0 Å². The molecule has 0 aromatic heterocycles. The Hall–Kier alpha value is -1.82. The van der Waals surface area contributed by atoms with Gasteiger partial charge in [0.25, 0.3) is 0 Å². The maximum Gasteiger partial charge on any atom is 0.194 e. The van der Waals surface area contributed by atoms with Crippen molar-refractivity contribution in [2.45, 2.75) is 78.1 Å². The number of rotatable bonds is 2. The van der Waals surface area contributed by atoms with Gasteiger partial charge in [-0.2, -0.15) is 0 Å². The van der Waals surface area contributed by atoms with Gasteiger partial charge in [-0.1, -0.05) is 0 Å². The van der Waals surface area contributed by atoms with Crippen molar-refractivity contribution in [3.63, 3.8) is 0 Å². The number of carbonyl (C=O) groups is 4. The van der Waals surface area contributed by atoms with E-state index in [9.17, 15) is 19.2 Å². The van der Waals surface area contributed by atoms with Gasteiger partial charge >= 0.3 is 0 Å². The molecule has 2 rings (SSSR count). The van der Waals surface area contributed by atoms with E-state index in [4.69, 9.17) is 9.47 Å². The Morgan fingerprint density at radius 1 is 1.08 bits per heavy atom. The molecule has 6 nitrogen and oxygen atoms in total. The molecule has 0 aliphatic carbocycles. The number of Topliss-reactive ketones (excluding diaryl/α,β-unsaturated/α-hetero) is 3. The van der Waals surface area contributed by atoms with Crippen molar-refractivity contribution in [3.8, 4) is 0 Å². The first-order chi connectivity index (χ1) is 10.8. The molecule has 1 fully saturated rings. The molecular formula is C18H28O6. The fraction of sp³-hybridized carbons (Fsp3) is 0.667. The van der Waals surface area contributed by atoms with Crippen LogP contribution >= 0.6 is 0 Å². The fourth-order valence-electron chi connectivity index (χ4n) is 2.60. The van der Waals surface area contributed by atoms with E-state index in [0.717, 1.165) is 0 Å². The van der Waals surface area contributed by atoms with Crippen LogP contribution in [0.3, 0.4) is 0 Å². The summed E-state index contributed by atoms with van der Waals surface area (Å²) in [6.45, 7) is 10.1. The molecular weight excluding hydrogens is 312 g/mol. The summed E-state index contributed by atoms with van der Waals surface area (Å²) in [5.74, 6) is -0.00796. The van der Waals surface area contributed by atoms with Crippen molar-refractivity contribution in [2.75, 3.05) is 0 Å². The molecule has 2 heterocycles. The average Bonchev–Trinajstić information content (AvgIpc) is 2.34. The molecule has 0 saturated carbocycles. The van der Waals surface area contributed by atoms with E-state index in [0.29, 0.717) is 12.8 Å². The van der Waals surface area contributed by atoms with Gasteiger partial charge in [-0.05, 0) is 34.6 Å². The average molecular weight is 340 g/mol. The normalized spacial score (nSPS) is 24.9. The molecule has 0 spiro atoms. The monoisotopic (exact) mass is 340 g/mol. The molecule has 1 saturated heterocycles. The highest BCUT2D eigenvalue weighted by Gasteiger charge is 2.35. The van der Waals surface area contributed by atoms with Gasteiger partial charge < -0.3 is 9.47 Å². The van der Waals surface area contributed by atoms with Crippen molar-refractivity contribution in [1.29, 1.82) is 0 Å². The topological polar surface area (TPSA) is 86.7 Å². The molecule has 0 amide bonds. The molecule has 0 aromatic carbocycles. The van der Waals surface area contributed by atoms with Crippen LogP contribution in [-0.2, 0) is 28.7 Å². The van der Waals surface area contributed by atoms with Crippen LogP contribution in [0.4, 0.5) is 0 Å². The van der Waals surface area contributed by atoms with Crippen molar-refractivity contribution >= 4 is 23.1 Å². The second-order valence-corrected chi connectivity index (χ2v) is 7.47. The first-order valence-corrected chi connectivity index (χ1v) is 7.96. The second kappa shape index (κ2) is 7.38. The SMILES string of the molecule is CC(=O)C1=CC(=O)CC(C)(C)O1.CC(=O)[C@@H]1CC(=O)CC(C)(C)O1.[HH]. The molecule has 0 radical (unpaired) electrons. The van der Waals surface area contributed by atoms with Crippen molar-refractivity contribution in [2.24, 2.45) is 0 Å². The molecule has 0 aromatic rings. The highest BCUT2D eigenvalue weighted by molar-refractivity contribution is 6.01. The molecule has 24 heavy (non-hydrogen) atoms. The van der Waals surface area contributed by atoms with Crippen LogP contribution in [0.25, 0.3) is 0 Å². The number of hydrogen-bond donors (Lipinski definition) is 0. The Kier molecular flexibility index (Phi) is 6.22. The number of allylic oxidation sites excluding steroid dienone is 2. The summed E-state index contributed by atoms with van der Waals surface area (Å²) in [6.07, 6.45) is 1.76. The largest absolute Gasteiger partial charge is 0.484 e. The lowest BCUT2D eigenvalue weighted by Gasteiger charge is -2.33. The van der Waals surface area contributed by atoms with Crippen LogP contribution in [-0.4, -0.2) is 40.4 Å². The smallest absolute Gasteiger partial charge is 0.194 e. The van der Waals surface area contributed by atoms with Gasteiger partial charge in [0.1, 0.15) is 17.5 Å². The summed E-state index contributed by atoms with van der Waals surface area (Å²) in [5.41, 5.74) is -1.00. The van der Waals surface area contributed by atoms with Gasteiger partial charge in [0, 0.05) is 33.7 Å². The van der Waals surface area contributed by atoms with Crippen LogP contribution in [0.15, 0.2) is 11.8 Å². The second-order valence-electron chi connectivity index (χ2n) is 7.47. The standard InChI is InChI=1S/C9H14O3.C9H12O3.H2/c2*1-6(10)8-4-7(11)5-9(2,3)12-8;/h8H,4-5H2,1-3H3;4H,5H2,1-3H3;1H/t8-;;/m0../s1. The van der Waals surface area contributed by atoms with Crippen molar-refractivity contribution in [1.82, 2.24) is 0 Å². The minimum atomic E-state index is -0.535. The number of ether oxygens (including phenoxy) is 2. The molecule has 0 N–H and O–H groups in total. The molecule has 136 valence electrons. The summed E-state index contributed by atoms with van der Waals surface area (Å²) in [5, 5.41) is 0. The first-order valence-electron chi connectivity index (χ1n) is 7.96. The van der Waals surface area contributed by atoms with E-state index in [1.807, 2.05) is 13.8 Å². The lowest BCUT2D eigenvalue weighted by molar-refractivity contribution is -0.159. The zero-order valence-electron chi connectivity index (χ0n) is 15.2. The molecule has 2 aliphatic rings. The van der Waals surface area contributed by atoms with E-state index in [1.165, 1.54) is 19.9 Å². The lowest BCUT2D eigenvalue weighted by atomic mass is 9.93. The third-order valence-electron chi connectivity index (χ3n) is 3.58. The Labute approximate surface area is 144 Å². The molecule has 1 atom stereocenters. The van der Waals surface area contributed by atoms with E-state index in [1.54, 1.807) is 13.8 Å². The molecule has 2 aliphatic heterocycles. The third-order valence-corrected chi connectivity index (χ3v) is 3.58. The minimum Gasteiger partial charge on any atom is -0.484 e. The quantitative estimate of drug-likeness (QED) is 0.768. The summed E-state index contributed by atoms with van der Waals surface area (Å²) in [6, 6.07) is 0. The summed E-state index contributed by atoms with van der Waals surface area (Å²) >= 11 is 0. The van der Waals surface area contributed by atoms with E-state index < -0.39 is 17.3 Å². The fourth-order valence-corrected chi connectivity index (χ4v) is 2.60. The van der Waals surface area contributed by atoms with Crippen molar-refractivity contribution in [3.05, 3.63) is 11.8 Å². The predicted molar refractivity (Wildman–Crippen MR) is 89.5 cm³/mol. The van der Waals surface area contributed by atoms with Gasteiger partial charge in [0.05, 0.1) is 5.60 Å². The highest BCUT2D eigenvalue weighted by atomic mass is 16.5. The minimum absolute atomic E-state index is 0. The predicted octanol–water partition coefficient (Wildman–Crippen LogP) is 2.58. The molecule has 0 unspecified atom stereocenters. The van der Waals surface area contributed by atoms with Gasteiger partial charge in [-0.25, -0.2) is 0 Å². The number of carbonyl (C=O) groups excluding carboxylic acids is 4. The first kappa shape index (κ1) is 20.2. The number of hydrogen-bond acceptors (Lipinski definition) is 6. The maximum atomic E-state index is 11.2. The lowest BCUT2D eigenvalue weighted by Crippen LogP contribution is -2.42. The Bertz CT molecular complexity index is 588. The Balaban J connectivity index is 0.000000443. The Morgan fingerprint density at radius 3 is 2.08 bits per heavy atom. The third kappa shape index (κ3) is 6.35. The van der Waals surface area contributed by atoms with Gasteiger partial charge in [-0.3, -0.25) is 19.2 Å². The summed E-state index contributed by atoms with van der Waals surface area (Å²) < 4.78 is 10.7. The van der Waals surface area contributed by atoms with Crippen LogP contribution in [0.2, 0.25) is 0 Å². The van der Waals surface area contributed by atoms with Crippen LogP contribution in [0, 0.1) is 0 Å².